The van der Waals surface area contributed by atoms with Gasteiger partial charge in [0.2, 0.25) is 0 Å². The second-order valence-electron chi connectivity index (χ2n) is 3.55. The van der Waals surface area contributed by atoms with Gasteiger partial charge < -0.3 is 0 Å². The molecule has 1 heterocycles. The highest BCUT2D eigenvalue weighted by molar-refractivity contribution is 4.93. The van der Waals surface area contributed by atoms with E-state index in [1.54, 1.807) is 6.20 Å². The molecule has 0 radical (unpaired) electrons. The number of rotatable bonds is 2. The SMILES string of the molecule is Cc1cnnn1CC1CCC1(F)F. The van der Waals surface area contributed by atoms with E-state index >= 15 is 0 Å². The average molecular weight is 187 g/mol. The Balaban J connectivity index is 2.03. The first kappa shape index (κ1) is 8.59. The van der Waals surface area contributed by atoms with E-state index in [4.69, 9.17) is 0 Å². The maximum atomic E-state index is 12.9. The fraction of sp³-hybridized carbons (Fsp3) is 0.750. The zero-order valence-corrected chi connectivity index (χ0v) is 7.37. The smallest absolute Gasteiger partial charge is 0.249 e. The Morgan fingerprint density at radius 1 is 1.69 bits per heavy atom. The molecule has 0 amide bonds. The van der Waals surface area contributed by atoms with Gasteiger partial charge in [0.25, 0.3) is 5.92 Å². The molecule has 0 aromatic carbocycles. The molecule has 1 unspecified atom stereocenters. The van der Waals surface area contributed by atoms with Crippen LogP contribution in [0.4, 0.5) is 8.78 Å². The molecule has 1 aliphatic rings. The second kappa shape index (κ2) is 2.75. The van der Waals surface area contributed by atoms with E-state index in [0.717, 1.165) is 5.69 Å². The van der Waals surface area contributed by atoms with Gasteiger partial charge in [-0.2, -0.15) is 0 Å². The lowest BCUT2D eigenvalue weighted by Gasteiger charge is -2.36. The van der Waals surface area contributed by atoms with Gasteiger partial charge in [0, 0.05) is 12.3 Å². The molecule has 0 spiro atoms. The number of nitrogens with zero attached hydrogens (tertiary/aromatic N) is 3. The summed E-state index contributed by atoms with van der Waals surface area (Å²) in [6.07, 6.45) is 2.19. The minimum Gasteiger partial charge on any atom is -0.249 e. The van der Waals surface area contributed by atoms with Crippen molar-refractivity contribution in [3.05, 3.63) is 11.9 Å². The fourth-order valence-electron chi connectivity index (χ4n) is 1.49. The van der Waals surface area contributed by atoms with Gasteiger partial charge in [0.15, 0.2) is 0 Å². The molecule has 72 valence electrons. The van der Waals surface area contributed by atoms with Crippen molar-refractivity contribution in [2.75, 3.05) is 0 Å². The normalized spacial score (nSPS) is 25.6. The Labute approximate surface area is 74.7 Å². The van der Waals surface area contributed by atoms with Crippen LogP contribution in [0.25, 0.3) is 0 Å². The van der Waals surface area contributed by atoms with Crippen molar-refractivity contribution in [2.24, 2.45) is 5.92 Å². The molecule has 0 aliphatic heterocycles. The van der Waals surface area contributed by atoms with Crippen molar-refractivity contribution >= 4 is 0 Å². The van der Waals surface area contributed by atoms with Crippen LogP contribution in [0.3, 0.4) is 0 Å². The first-order chi connectivity index (χ1) is 6.09. The molecule has 5 heteroatoms. The van der Waals surface area contributed by atoms with Crippen LogP contribution in [0.1, 0.15) is 18.5 Å². The van der Waals surface area contributed by atoms with Crippen LogP contribution in [0.5, 0.6) is 0 Å². The van der Waals surface area contributed by atoms with Crippen LogP contribution < -0.4 is 0 Å². The first-order valence-corrected chi connectivity index (χ1v) is 4.32. The van der Waals surface area contributed by atoms with Gasteiger partial charge in [-0.1, -0.05) is 5.21 Å². The van der Waals surface area contributed by atoms with E-state index in [1.165, 1.54) is 4.68 Å². The molecule has 0 bridgehead atoms. The highest BCUT2D eigenvalue weighted by Gasteiger charge is 2.48. The van der Waals surface area contributed by atoms with Gasteiger partial charge in [-0.3, -0.25) is 0 Å². The summed E-state index contributed by atoms with van der Waals surface area (Å²) >= 11 is 0. The zero-order chi connectivity index (χ0) is 9.47. The van der Waals surface area contributed by atoms with E-state index < -0.39 is 11.8 Å². The molecule has 3 nitrogen and oxygen atoms in total. The van der Waals surface area contributed by atoms with E-state index in [2.05, 4.69) is 10.3 Å². The average Bonchev–Trinajstić information content (AvgIpc) is 2.45. The summed E-state index contributed by atoms with van der Waals surface area (Å²) in [6.45, 7) is 2.11. The number of hydrogen-bond acceptors (Lipinski definition) is 2. The van der Waals surface area contributed by atoms with Crippen LogP contribution in [0.15, 0.2) is 6.20 Å². The number of halogens is 2. The Hall–Kier alpha value is -1.00. The minimum absolute atomic E-state index is 0.0193. The van der Waals surface area contributed by atoms with Crippen molar-refractivity contribution in [3.8, 4) is 0 Å². The first-order valence-electron chi connectivity index (χ1n) is 4.32. The van der Waals surface area contributed by atoms with Crippen LogP contribution in [-0.4, -0.2) is 20.9 Å². The van der Waals surface area contributed by atoms with Crippen LogP contribution in [0.2, 0.25) is 0 Å². The number of alkyl halides is 2. The van der Waals surface area contributed by atoms with E-state index in [0.29, 0.717) is 13.0 Å². The van der Waals surface area contributed by atoms with Gasteiger partial charge in [-0.25, -0.2) is 13.5 Å². The Morgan fingerprint density at radius 2 is 2.46 bits per heavy atom. The van der Waals surface area contributed by atoms with E-state index in [9.17, 15) is 8.78 Å². The predicted octanol–water partition coefficient (Wildman–Crippen LogP) is 1.63. The molecule has 2 rings (SSSR count). The summed E-state index contributed by atoms with van der Waals surface area (Å²) in [6, 6.07) is 0. The molecular weight excluding hydrogens is 176 g/mol. The Bertz CT molecular complexity index is 308. The lowest BCUT2D eigenvalue weighted by Crippen LogP contribution is -2.41. The summed E-state index contributed by atoms with van der Waals surface area (Å²) < 4.78 is 27.3. The van der Waals surface area contributed by atoms with Crippen molar-refractivity contribution in [1.29, 1.82) is 0 Å². The highest BCUT2D eigenvalue weighted by atomic mass is 19.3. The summed E-state index contributed by atoms with van der Waals surface area (Å²) in [5, 5.41) is 7.39. The molecule has 1 aliphatic carbocycles. The quantitative estimate of drug-likeness (QED) is 0.704. The number of aryl methyl sites for hydroxylation is 1. The molecule has 0 saturated heterocycles. The monoisotopic (exact) mass is 187 g/mol. The summed E-state index contributed by atoms with van der Waals surface area (Å²) in [5.41, 5.74) is 0.836. The topological polar surface area (TPSA) is 30.7 Å². The van der Waals surface area contributed by atoms with Gasteiger partial charge in [0.1, 0.15) is 0 Å². The van der Waals surface area contributed by atoms with Gasteiger partial charge >= 0.3 is 0 Å². The molecule has 1 aromatic heterocycles. The molecule has 1 fully saturated rings. The highest BCUT2D eigenvalue weighted by Crippen LogP contribution is 2.44. The molecule has 1 atom stereocenters. The van der Waals surface area contributed by atoms with E-state index in [1.807, 2.05) is 6.92 Å². The van der Waals surface area contributed by atoms with Crippen molar-refractivity contribution in [2.45, 2.75) is 32.2 Å². The summed E-state index contributed by atoms with van der Waals surface area (Å²) in [5.74, 6) is -3.04. The fourth-order valence-corrected chi connectivity index (χ4v) is 1.49. The predicted molar refractivity (Wildman–Crippen MR) is 42.4 cm³/mol. The largest absolute Gasteiger partial charge is 0.252 e. The molecule has 1 aromatic rings. The minimum atomic E-state index is -2.49. The summed E-state index contributed by atoms with van der Waals surface area (Å²) in [7, 11) is 0. The van der Waals surface area contributed by atoms with Crippen molar-refractivity contribution in [1.82, 2.24) is 15.0 Å². The van der Waals surface area contributed by atoms with Crippen LogP contribution in [0, 0.1) is 12.8 Å². The standard InChI is InChI=1S/C8H11F2N3/c1-6-4-11-12-13(6)5-7-2-3-8(7,9)10/h4,7H,2-3,5H2,1H3. The van der Waals surface area contributed by atoms with Gasteiger partial charge in [-0.05, 0) is 13.3 Å². The van der Waals surface area contributed by atoms with Crippen molar-refractivity contribution in [3.63, 3.8) is 0 Å². The van der Waals surface area contributed by atoms with E-state index in [-0.39, 0.29) is 6.42 Å². The second-order valence-corrected chi connectivity index (χ2v) is 3.55. The number of aromatic nitrogens is 3. The molecule has 13 heavy (non-hydrogen) atoms. The van der Waals surface area contributed by atoms with Gasteiger partial charge in [0.05, 0.1) is 18.4 Å². The Kier molecular flexibility index (Phi) is 1.82. The molecule has 0 N–H and O–H groups in total. The molecule has 1 saturated carbocycles. The third-order valence-corrected chi connectivity index (χ3v) is 2.63. The summed E-state index contributed by atoms with van der Waals surface area (Å²) in [4.78, 5) is 0. The van der Waals surface area contributed by atoms with Crippen LogP contribution >= 0.6 is 0 Å². The number of hydrogen-bond donors (Lipinski definition) is 0. The van der Waals surface area contributed by atoms with Crippen molar-refractivity contribution < 1.29 is 8.78 Å². The maximum absolute atomic E-state index is 12.9. The van der Waals surface area contributed by atoms with Gasteiger partial charge in [-0.15, -0.1) is 5.10 Å². The maximum Gasteiger partial charge on any atom is 0.252 e. The third-order valence-electron chi connectivity index (χ3n) is 2.63. The lowest BCUT2D eigenvalue weighted by molar-refractivity contribution is -0.138. The van der Waals surface area contributed by atoms with Crippen LogP contribution in [-0.2, 0) is 6.54 Å². The Morgan fingerprint density at radius 3 is 2.85 bits per heavy atom. The third kappa shape index (κ3) is 1.43. The lowest BCUT2D eigenvalue weighted by atomic mass is 9.81. The molecular formula is C8H11F2N3. The zero-order valence-electron chi connectivity index (χ0n) is 7.37.